The predicted molar refractivity (Wildman–Crippen MR) is 139 cm³/mol. The lowest BCUT2D eigenvalue weighted by molar-refractivity contribution is -0.137. The number of carbonyl (C=O) groups is 1. The number of hydrogen-bond donors (Lipinski definition) is 2. The maximum Gasteiger partial charge on any atom is 0.303 e. The second kappa shape index (κ2) is 10.6. The molecule has 4 rings (SSSR count). The molecule has 0 bridgehead atoms. The van der Waals surface area contributed by atoms with Crippen molar-refractivity contribution in [1.29, 1.82) is 0 Å². The number of unbranched alkanes of at least 4 members (excludes halogenated alkanes) is 2. The molecule has 0 aliphatic heterocycles. The summed E-state index contributed by atoms with van der Waals surface area (Å²) in [5, 5.41) is 12.1. The number of aromatic nitrogens is 1. The van der Waals surface area contributed by atoms with Crippen molar-refractivity contribution in [3.63, 3.8) is 0 Å². The first-order valence-electron chi connectivity index (χ1n) is 11.9. The Hall–Kier alpha value is -3.60. The standard InChI is InChI=1S/C29H32N2O3/c1-19-7-12-25-23(14-19)17-27(30)29-26(25)16-21(18-31-29)8-9-22-10-11-24(15-20(22)2)34-13-5-3-4-6-28(32)33/h7,10-12,14-18H,3-6,8-9,13,30H2,1-2H3,(H,32,33). The molecule has 0 fully saturated rings. The number of carboxylic acids is 1. The summed E-state index contributed by atoms with van der Waals surface area (Å²) in [6, 6.07) is 17.0. The van der Waals surface area contributed by atoms with Crippen molar-refractivity contribution in [2.45, 2.75) is 52.4 Å². The summed E-state index contributed by atoms with van der Waals surface area (Å²) in [5.41, 5.74) is 12.8. The number of carboxylic acid groups (broad SMARTS) is 1. The van der Waals surface area contributed by atoms with Crippen LogP contribution in [0.2, 0.25) is 0 Å². The summed E-state index contributed by atoms with van der Waals surface area (Å²) < 4.78 is 5.85. The Labute approximate surface area is 200 Å². The number of rotatable bonds is 10. The number of nitrogens with two attached hydrogens (primary N) is 1. The zero-order valence-corrected chi connectivity index (χ0v) is 19.9. The highest BCUT2D eigenvalue weighted by molar-refractivity contribution is 6.11. The Morgan fingerprint density at radius 1 is 0.971 bits per heavy atom. The Morgan fingerprint density at radius 2 is 1.82 bits per heavy atom. The minimum absolute atomic E-state index is 0.226. The second-order valence-electron chi connectivity index (χ2n) is 9.07. The van der Waals surface area contributed by atoms with E-state index in [1.165, 1.54) is 27.6 Å². The Morgan fingerprint density at radius 3 is 2.62 bits per heavy atom. The van der Waals surface area contributed by atoms with E-state index in [0.29, 0.717) is 18.7 Å². The van der Waals surface area contributed by atoms with Crippen LogP contribution >= 0.6 is 0 Å². The highest BCUT2D eigenvalue weighted by atomic mass is 16.5. The third kappa shape index (κ3) is 5.66. The normalized spacial score (nSPS) is 11.2. The average Bonchev–Trinajstić information content (AvgIpc) is 2.80. The van der Waals surface area contributed by atoms with Gasteiger partial charge >= 0.3 is 5.97 Å². The molecule has 0 radical (unpaired) electrons. The van der Waals surface area contributed by atoms with Gasteiger partial charge in [-0.3, -0.25) is 9.78 Å². The van der Waals surface area contributed by atoms with Gasteiger partial charge in [0.15, 0.2) is 0 Å². The van der Waals surface area contributed by atoms with Crippen LogP contribution in [0.5, 0.6) is 5.75 Å². The molecule has 0 spiro atoms. The third-order valence-electron chi connectivity index (χ3n) is 6.33. The zero-order valence-electron chi connectivity index (χ0n) is 19.9. The summed E-state index contributed by atoms with van der Waals surface area (Å²) in [6.07, 6.45) is 6.41. The maximum atomic E-state index is 10.6. The molecule has 3 N–H and O–H groups in total. The zero-order chi connectivity index (χ0) is 24.1. The van der Waals surface area contributed by atoms with Crippen molar-refractivity contribution in [3.05, 3.63) is 77.0 Å². The molecule has 4 aromatic rings. The SMILES string of the molecule is Cc1ccc2c(c1)cc(N)c1ncc(CCc3ccc(OCCCCCC(=O)O)cc3C)cc12. The number of aryl methyl sites for hydroxylation is 4. The first-order chi connectivity index (χ1) is 16.4. The molecule has 176 valence electrons. The summed E-state index contributed by atoms with van der Waals surface area (Å²) in [4.78, 5) is 15.3. The van der Waals surface area contributed by atoms with Gasteiger partial charge in [0, 0.05) is 18.0 Å². The lowest BCUT2D eigenvalue weighted by Crippen LogP contribution is -2.01. The van der Waals surface area contributed by atoms with Crippen LogP contribution in [0.3, 0.4) is 0 Å². The van der Waals surface area contributed by atoms with Crippen LogP contribution in [-0.4, -0.2) is 22.7 Å². The largest absolute Gasteiger partial charge is 0.494 e. The summed E-state index contributed by atoms with van der Waals surface area (Å²) in [6.45, 7) is 4.82. The second-order valence-corrected chi connectivity index (χ2v) is 9.07. The van der Waals surface area contributed by atoms with E-state index in [2.05, 4.69) is 55.2 Å². The molecule has 34 heavy (non-hydrogen) atoms. The predicted octanol–water partition coefficient (Wildman–Crippen LogP) is 6.40. The van der Waals surface area contributed by atoms with Gasteiger partial charge in [0.2, 0.25) is 0 Å². The molecule has 5 nitrogen and oxygen atoms in total. The maximum absolute atomic E-state index is 10.6. The number of pyridine rings is 1. The number of anilines is 1. The van der Waals surface area contributed by atoms with E-state index in [1.807, 2.05) is 18.3 Å². The Kier molecular flexibility index (Phi) is 7.31. The molecule has 3 aromatic carbocycles. The number of nitrogen functional groups attached to an aromatic ring is 1. The number of aliphatic carboxylic acids is 1. The minimum atomic E-state index is -0.737. The fourth-order valence-electron chi connectivity index (χ4n) is 4.43. The smallest absolute Gasteiger partial charge is 0.303 e. The molecule has 0 aliphatic carbocycles. The van der Waals surface area contributed by atoms with Gasteiger partial charge in [0.25, 0.3) is 0 Å². The van der Waals surface area contributed by atoms with E-state index < -0.39 is 5.97 Å². The van der Waals surface area contributed by atoms with Crippen LogP contribution in [0.1, 0.15) is 47.9 Å². The van der Waals surface area contributed by atoms with Crippen LogP contribution in [0.4, 0.5) is 5.69 Å². The molecule has 0 unspecified atom stereocenters. The molecule has 0 aliphatic rings. The molecular formula is C29H32N2O3. The van der Waals surface area contributed by atoms with Crippen molar-refractivity contribution < 1.29 is 14.6 Å². The molecule has 1 heterocycles. The van der Waals surface area contributed by atoms with E-state index in [-0.39, 0.29) is 6.42 Å². The van der Waals surface area contributed by atoms with Gasteiger partial charge < -0.3 is 15.6 Å². The van der Waals surface area contributed by atoms with Crippen molar-refractivity contribution in [3.8, 4) is 5.75 Å². The van der Waals surface area contributed by atoms with Gasteiger partial charge in [-0.2, -0.15) is 0 Å². The number of nitrogens with zero attached hydrogens (tertiary/aromatic N) is 1. The molecule has 1 aromatic heterocycles. The van der Waals surface area contributed by atoms with Gasteiger partial charge in [-0.1, -0.05) is 29.8 Å². The van der Waals surface area contributed by atoms with Crippen LogP contribution < -0.4 is 10.5 Å². The van der Waals surface area contributed by atoms with E-state index in [9.17, 15) is 4.79 Å². The average molecular weight is 457 g/mol. The quantitative estimate of drug-likeness (QED) is 0.164. The summed E-state index contributed by atoms with van der Waals surface area (Å²) in [7, 11) is 0. The van der Waals surface area contributed by atoms with E-state index in [0.717, 1.165) is 47.7 Å². The third-order valence-corrected chi connectivity index (χ3v) is 6.33. The van der Waals surface area contributed by atoms with Crippen LogP contribution in [0.15, 0.2) is 54.7 Å². The number of hydrogen-bond acceptors (Lipinski definition) is 4. The van der Waals surface area contributed by atoms with E-state index in [1.54, 1.807) is 0 Å². The van der Waals surface area contributed by atoms with Crippen LogP contribution in [0, 0.1) is 13.8 Å². The molecule has 0 amide bonds. The lowest BCUT2D eigenvalue weighted by Gasteiger charge is -2.12. The lowest BCUT2D eigenvalue weighted by atomic mass is 9.98. The Bertz CT molecular complexity index is 1330. The van der Waals surface area contributed by atoms with Gasteiger partial charge in [0.1, 0.15) is 5.75 Å². The van der Waals surface area contributed by atoms with E-state index in [4.69, 9.17) is 15.6 Å². The van der Waals surface area contributed by atoms with E-state index >= 15 is 0 Å². The van der Waals surface area contributed by atoms with Crippen molar-refractivity contribution in [1.82, 2.24) is 4.98 Å². The monoisotopic (exact) mass is 456 g/mol. The first-order valence-corrected chi connectivity index (χ1v) is 11.9. The Balaban J connectivity index is 1.40. The van der Waals surface area contributed by atoms with Gasteiger partial charge in [-0.25, -0.2) is 0 Å². The van der Waals surface area contributed by atoms with Gasteiger partial charge in [-0.15, -0.1) is 0 Å². The van der Waals surface area contributed by atoms with Crippen molar-refractivity contribution in [2.24, 2.45) is 0 Å². The number of ether oxygens (including phenoxy) is 1. The van der Waals surface area contributed by atoms with Crippen molar-refractivity contribution in [2.75, 3.05) is 12.3 Å². The fraction of sp³-hybridized carbons (Fsp3) is 0.310. The highest BCUT2D eigenvalue weighted by Gasteiger charge is 2.09. The first kappa shape index (κ1) is 23.6. The highest BCUT2D eigenvalue weighted by Crippen LogP contribution is 2.30. The molecule has 0 atom stereocenters. The molecule has 0 saturated heterocycles. The topological polar surface area (TPSA) is 85.4 Å². The minimum Gasteiger partial charge on any atom is -0.494 e. The molecule has 0 saturated carbocycles. The van der Waals surface area contributed by atoms with Crippen LogP contribution in [-0.2, 0) is 17.6 Å². The number of fused-ring (bicyclic) bond motifs is 3. The van der Waals surface area contributed by atoms with Gasteiger partial charge in [-0.05, 0) is 97.7 Å². The fourth-order valence-corrected chi connectivity index (χ4v) is 4.43. The summed E-state index contributed by atoms with van der Waals surface area (Å²) >= 11 is 0. The number of benzene rings is 3. The molecular weight excluding hydrogens is 424 g/mol. The summed E-state index contributed by atoms with van der Waals surface area (Å²) in [5.74, 6) is 0.128. The van der Waals surface area contributed by atoms with Crippen LogP contribution in [0.25, 0.3) is 21.7 Å². The van der Waals surface area contributed by atoms with Gasteiger partial charge in [0.05, 0.1) is 17.8 Å². The van der Waals surface area contributed by atoms with Crippen molar-refractivity contribution >= 4 is 33.3 Å². The molecule has 5 heteroatoms.